The Hall–Kier alpha value is -2.67. The molecule has 0 saturated carbocycles. The zero-order chi connectivity index (χ0) is 25.2. The van der Waals surface area contributed by atoms with Crippen molar-refractivity contribution >= 4 is 34.8 Å². The molecule has 2 aliphatic heterocycles. The summed E-state index contributed by atoms with van der Waals surface area (Å²) in [7, 11) is 0. The Balaban J connectivity index is 1.32. The molecule has 3 heterocycles. The molecule has 2 aliphatic rings. The third-order valence-electron chi connectivity index (χ3n) is 7.53. The highest BCUT2D eigenvalue weighted by Crippen LogP contribution is 2.40. The summed E-state index contributed by atoms with van der Waals surface area (Å²) in [5.74, 6) is 0.141. The predicted octanol–water partition coefficient (Wildman–Crippen LogP) is 5.42. The van der Waals surface area contributed by atoms with Gasteiger partial charge in [0.2, 0.25) is 5.91 Å². The molecule has 188 valence electrons. The zero-order valence-electron chi connectivity index (χ0n) is 20.8. The van der Waals surface area contributed by atoms with Crippen LogP contribution in [-0.2, 0) is 11.2 Å². The number of thiophene rings is 1. The fourth-order valence-corrected chi connectivity index (χ4v) is 6.54. The predicted molar refractivity (Wildman–Crippen MR) is 146 cm³/mol. The maximum atomic E-state index is 13.8. The van der Waals surface area contributed by atoms with Crippen molar-refractivity contribution in [1.29, 1.82) is 0 Å². The number of fused-ring (bicyclic) bond motifs is 1. The number of halogens is 1. The van der Waals surface area contributed by atoms with E-state index in [4.69, 9.17) is 11.6 Å². The van der Waals surface area contributed by atoms with Crippen molar-refractivity contribution in [3.05, 3.63) is 92.1 Å². The van der Waals surface area contributed by atoms with Crippen LogP contribution in [-0.4, -0.2) is 65.3 Å². The van der Waals surface area contributed by atoms with Crippen LogP contribution in [0, 0.1) is 6.92 Å². The van der Waals surface area contributed by atoms with Crippen LogP contribution in [0.1, 0.15) is 51.3 Å². The van der Waals surface area contributed by atoms with Gasteiger partial charge in [-0.3, -0.25) is 14.5 Å². The summed E-state index contributed by atoms with van der Waals surface area (Å²) in [5.41, 5.74) is 4.48. The molecule has 2 aromatic carbocycles. The van der Waals surface area contributed by atoms with Crippen LogP contribution >= 0.6 is 22.9 Å². The largest absolute Gasteiger partial charge is 0.340 e. The lowest BCUT2D eigenvalue weighted by Crippen LogP contribution is -2.51. The van der Waals surface area contributed by atoms with E-state index in [0.717, 1.165) is 19.4 Å². The summed E-state index contributed by atoms with van der Waals surface area (Å²) >= 11 is 7.80. The third-order valence-corrected chi connectivity index (χ3v) is 8.78. The summed E-state index contributed by atoms with van der Waals surface area (Å²) < 4.78 is 0. The number of nitrogens with zero attached hydrogens (tertiary/aromatic N) is 3. The molecule has 2 amide bonds. The molecular formula is C29H32ClN3O2S. The van der Waals surface area contributed by atoms with E-state index >= 15 is 0 Å². The quantitative estimate of drug-likeness (QED) is 0.460. The number of hydrogen-bond acceptors (Lipinski definition) is 4. The molecule has 1 aromatic heterocycles. The minimum atomic E-state index is -0.249. The van der Waals surface area contributed by atoms with E-state index in [1.165, 1.54) is 21.6 Å². The number of hydrogen-bond donors (Lipinski definition) is 0. The average molecular weight is 522 g/mol. The van der Waals surface area contributed by atoms with Crippen molar-refractivity contribution < 1.29 is 9.59 Å². The van der Waals surface area contributed by atoms with Crippen molar-refractivity contribution in [3.63, 3.8) is 0 Å². The maximum Gasteiger partial charge on any atom is 0.253 e. The molecule has 3 aromatic rings. The normalized spacial score (nSPS) is 19.5. The first kappa shape index (κ1) is 25.0. The van der Waals surface area contributed by atoms with E-state index in [1.807, 2.05) is 28.1 Å². The zero-order valence-corrected chi connectivity index (χ0v) is 22.4. The summed E-state index contributed by atoms with van der Waals surface area (Å²) in [6, 6.07) is 17.6. The molecule has 7 heteroatoms. The molecule has 1 saturated heterocycles. The Bertz CT molecular complexity index is 1240. The second-order valence-corrected chi connectivity index (χ2v) is 11.1. The van der Waals surface area contributed by atoms with E-state index in [1.54, 1.807) is 24.3 Å². The highest BCUT2D eigenvalue weighted by molar-refractivity contribution is 7.10. The molecule has 36 heavy (non-hydrogen) atoms. The topological polar surface area (TPSA) is 43.9 Å². The van der Waals surface area contributed by atoms with Gasteiger partial charge in [-0.2, -0.15) is 0 Å². The van der Waals surface area contributed by atoms with Crippen LogP contribution in [0.2, 0.25) is 5.02 Å². The Labute approximate surface area is 222 Å². The Morgan fingerprint density at radius 2 is 1.64 bits per heavy atom. The Morgan fingerprint density at radius 3 is 2.42 bits per heavy atom. The molecule has 0 N–H and O–H groups in total. The van der Waals surface area contributed by atoms with Gasteiger partial charge in [0.05, 0.1) is 12.1 Å². The molecule has 2 atom stereocenters. The van der Waals surface area contributed by atoms with Gasteiger partial charge in [0.25, 0.3) is 5.91 Å². The standard InChI is InChI=1S/C29H32ClN3O2S/c1-20-6-3-4-7-24(20)27-25-13-19-36-26(25)12-16-33(27)21(2)28(34)31-14-5-15-32(18-17-31)29(35)22-8-10-23(30)11-9-22/h3-4,6-11,13,19,21,27H,5,12,14-18H2,1-2H3/t21-,27-/m1/s1. The monoisotopic (exact) mass is 521 g/mol. The molecule has 0 radical (unpaired) electrons. The number of aryl methyl sites for hydroxylation is 1. The van der Waals surface area contributed by atoms with Crippen molar-refractivity contribution in [2.45, 2.75) is 38.8 Å². The van der Waals surface area contributed by atoms with Crippen LogP contribution in [0.3, 0.4) is 0 Å². The minimum absolute atomic E-state index is 0.00495. The van der Waals surface area contributed by atoms with E-state index in [0.29, 0.717) is 36.8 Å². The molecule has 0 aliphatic carbocycles. The Morgan fingerprint density at radius 1 is 0.917 bits per heavy atom. The van der Waals surface area contributed by atoms with Gasteiger partial charge in [-0.25, -0.2) is 0 Å². The summed E-state index contributed by atoms with van der Waals surface area (Å²) in [4.78, 5) is 34.4. The van der Waals surface area contributed by atoms with E-state index in [-0.39, 0.29) is 23.9 Å². The van der Waals surface area contributed by atoms with Gasteiger partial charge in [-0.15, -0.1) is 11.3 Å². The SMILES string of the molecule is Cc1ccccc1[C@@H]1c2ccsc2CCN1[C@H](C)C(=O)N1CCCN(C(=O)c2ccc(Cl)cc2)CC1. The molecule has 5 rings (SSSR count). The molecular weight excluding hydrogens is 490 g/mol. The van der Waals surface area contributed by atoms with E-state index < -0.39 is 0 Å². The van der Waals surface area contributed by atoms with Crippen LogP contribution in [0.5, 0.6) is 0 Å². The van der Waals surface area contributed by atoms with Gasteiger partial charge in [0.1, 0.15) is 0 Å². The van der Waals surface area contributed by atoms with Gasteiger partial charge < -0.3 is 9.80 Å². The van der Waals surface area contributed by atoms with Crippen molar-refractivity contribution in [2.24, 2.45) is 0 Å². The molecule has 5 nitrogen and oxygen atoms in total. The smallest absolute Gasteiger partial charge is 0.253 e. The Kier molecular flexibility index (Phi) is 7.47. The first-order chi connectivity index (χ1) is 17.4. The van der Waals surface area contributed by atoms with Crippen LogP contribution in [0.4, 0.5) is 0 Å². The van der Waals surface area contributed by atoms with Crippen LogP contribution in [0.25, 0.3) is 0 Å². The highest BCUT2D eigenvalue weighted by Gasteiger charge is 2.37. The molecule has 0 spiro atoms. The number of benzene rings is 2. The van der Waals surface area contributed by atoms with Gasteiger partial charge >= 0.3 is 0 Å². The third kappa shape index (κ3) is 4.95. The lowest BCUT2D eigenvalue weighted by molar-refractivity contribution is -0.137. The second kappa shape index (κ2) is 10.8. The minimum Gasteiger partial charge on any atom is -0.340 e. The van der Waals surface area contributed by atoms with Crippen molar-refractivity contribution in [2.75, 3.05) is 32.7 Å². The molecule has 0 unspecified atom stereocenters. The van der Waals surface area contributed by atoms with Crippen molar-refractivity contribution in [3.8, 4) is 0 Å². The van der Waals surface area contributed by atoms with Gasteiger partial charge in [-0.1, -0.05) is 35.9 Å². The molecule has 0 bridgehead atoms. The van der Waals surface area contributed by atoms with Gasteiger partial charge in [0, 0.05) is 48.2 Å². The average Bonchev–Trinajstić information content (AvgIpc) is 3.24. The highest BCUT2D eigenvalue weighted by atomic mass is 35.5. The fourth-order valence-electron chi connectivity index (χ4n) is 5.51. The first-order valence-electron chi connectivity index (χ1n) is 12.6. The van der Waals surface area contributed by atoms with Gasteiger partial charge in [0.15, 0.2) is 0 Å². The number of rotatable bonds is 4. The van der Waals surface area contributed by atoms with Crippen LogP contribution < -0.4 is 0 Å². The number of carbonyl (C=O) groups is 2. The summed E-state index contributed by atoms with van der Waals surface area (Å²) in [6.07, 6.45) is 1.74. The second-order valence-electron chi connectivity index (χ2n) is 9.70. The fraction of sp³-hybridized carbons (Fsp3) is 0.379. The lowest BCUT2D eigenvalue weighted by atomic mass is 9.89. The van der Waals surface area contributed by atoms with Crippen molar-refractivity contribution in [1.82, 2.24) is 14.7 Å². The first-order valence-corrected chi connectivity index (χ1v) is 13.9. The van der Waals surface area contributed by atoms with Gasteiger partial charge in [-0.05, 0) is 79.1 Å². The van der Waals surface area contributed by atoms with E-state index in [9.17, 15) is 9.59 Å². The maximum absolute atomic E-state index is 13.8. The summed E-state index contributed by atoms with van der Waals surface area (Å²) in [6.45, 7) is 7.46. The number of amides is 2. The lowest BCUT2D eigenvalue weighted by Gasteiger charge is -2.41. The number of carbonyl (C=O) groups excluding carboxylic acids is 2. The van der Waals surface area contributed by atoms with E-state index in [2.05, 4.69) is 47.5 Å². The van der Waals surface area contributed by atoms with Crippen LogP contribution in [0.15, 0.2) is 60.0 Å². The molecule has 1 fully saturated rings. The summed E-state index contributed by atoms with van der Waals surface area (Å²) in [5, 5.41) is 2.79.